The quantitative estimate of drug-likeness (QED) is 0.398. The van der Waals surface area contributed by atoms with Crippen molar-refractivity contribution in [2.24, 2.45) is 0 Å². The lowest BCUT2D eigenvalue weighted by atomic mass is 10.1. The van der Waals surface area contributed by atoms with Crippen LogP contribution in [-0.4, -0.2) is 20.4 Å². The molecule has 0 spiro atoms. The summed E-state index contributed by atoms with van der Waals surface area (Å²) >= 11 is 0. The lowest BCUT2D eigenvalue weighted by Gasteiger charge is -2.09. The van der Waals surface area contributed by atoms with Gasteiger partial charge in [-0.3, -0.25) is 4.79 Å². The Morgan fingerprint density at radius 3 is 2.47 bits per heavy atom. The molecule has 0 bridgehead atoms. The highest BCUT2D eigenvalue weighted by atomic mass is 19.4. The maximum absolute atomic E-state index is 12.6. The smallest absolute Gasteiger partial charge is 0.416 e. The minimum atomic E-state index is -4.38. The van der Waals surface area contributed by atoms with Gasteiger partial charge < -0.3 is 14.6 Å². The average Bonchev–Trinajstić information content (AvgIpc) is 3.23. The maximum Gasteiger partial charge on any atom is 0.416 e. The molecule has 0 fully saturated rings. The summed E-state index contributed by atoms with van der Waals surface area (Å²) in [5.74, 6) is 0.579. The monoisotopic (exact) mass is 465 g/mol. The van der Waals surface area contributed by atoms with Gasteiger partial charge in [0.1, 0.15) is 24.3 Å². The molecule has 1 amide bonds. The van der Waals surface area contributed by atoms with E-state index < -0.39 is 11.7 Å². The van der Waals surface area contributed by atoms with E-state index in [-0.39, 0.29) is 18.9 Å². The Morgan fingerprint density at radius 1 is 1.06 bits per heavy atom. The number of hydrogen-bond donors (Lipinski definition) is 1. The van der Waals surface area contributed by atoms with Crippen LogP contribution in [0.25, 0.3) is 11.0 Å². The zero-order chi connectivity index (χ0) is 24.1. The number of aromatic nitrogens is 3. The number of aryl methyl sites for hydroxylation is 1. The van der Waals surface area contributed by atoms with Crippen LogP contribution in [0.2, 0.25) is 0 Å². The van der Waals surface area contributed by atoms with Gasteiger partial charge in [0.15, 0.2) is 0 Å². The van der Waals surface area contributed by atoms with Gasteiger partial charge in [-0.1, -0.05) is 12.1 Å². The molecule has 2 aromatic heterocycles. The van der Waals surface area contributed by atoms with Gasteiger partial charge in [0, 0.05) is 18.3 Å². The second kappa shape index (κ2) is 9.62. The van der Waals surface area contributed by atoms with Crippen molar-refractivity contribution < 1.29 is 22.7 Å². The minimum Gasteiger partial charge on any atom is -0.438 e. The van der Waals surface area contributed by atoms with Gasteiger partial charge in [0.05, 0.1) is 17.0 Å². The first-order chi connectivity index (χ1) is 16.3. The Hall–Kier alpha value is -4.39. The predicted octanol–water partition coefficient (Wildman–Crippen LogP) is 5.34. The number of amides is 1. The summed E-state index contributed by atoms with van der Waals surface area (Å²) in [4.78, 5) is 20.6. The van der Waals surface area contributed by atoms with Crippen molar-refractivity contribution in [3.63, 3.8) is 0 Å². The molecule has 0 aliphatic heterocycles. The summed E-state index contributed by atoms with van der Waals surface area (Å²) in [6, 6.07) is 15.3. The fourth-order valence-electron chi connectivity index (χ4n) is 3.33. The fraction of sp³-hybridized carbons (Fsp3) is 0.167. The van der Waals surface area contributed by atoms with Gasteiger partial charge in [-0.25, -0.2) is 9.97 Å². The second-order valence-corrected chi connectivity index (χ2v) is 7.39. The Labute approximate surface area is 192 Å². The van der Waals surface area contributed by atoms with E-state index in [1.54, 1.807) is 41.1 Å². The van der Waals surface area contributed by atoms with Crippen molar-refractivity contribution in [3.05, 3.63) is 78.2 Å². The lowest BCUT2D eigenvalue weighted by Crippen LogP contribution is -2.12. The van der Waals surface area contributed by atoms with Crippen LogP contribution >= 0.6 is 0 Å². The zero-order valence-electron chi connectivity index (χ0n) is 17.7. The SMILES string of the molecule is N#CCn1ccc2c(Oc3ccc(NC(=O)CCc4ccc(C(F)(F)F)cc4)cc3)ncnc21. The second-order valence-electron chi connectivity index (χ2n) is 7.39. The van der Waals surface area contributed by atoms with Crippen molar-refractivity contribution >= 4 is 22.6 Å². The third-order valence-corrected chi connectivity index (χ3v) is 5.04. The van der Waals surface area contributed by atoms with Crippen LogP contribution in [0.4, 0.5) is 18.9 Å². The van der Waals surface area contributed by atoms with Crippen LogP contribution in [0.15, 0.2) is 67.1 Å². The number of alkyl halides is 3. The number of carbonyl (C=O) groups is 1. The molecule has 0 unspecified atom stereocenters. The van der Waals surface area contributed by atoms with Gasteiger partial charge in [-0.05, 0) is 54.4 Å². The summed E-state index contributed by atoms with van der Waals surface area (Å²) in [5, 5.41) is 12.3. The van der Waals surface area contributed by atoms with Gasteiger partial charge in [-0.2, -0.15) is 18.4 Å². The summed E-state index contributed by atoms with van der Waals surface area (Å²) < 4.78 is 45.4. The molecule has 0 aliphatic carbocycles. The number of benzene rings is 2. The molecule has 2 aromatic carbocycles. The van der Waals surface area contributed by atoms with E-state index in [1.165, 1.54) is 18.5 Å². The number of anilines is 1. The first kappa shape index (κ1) is 22.8. The van der Waals surface area contributed by atoms with Crippen LogP contribution in [0, 0.1) is 11.3 Å². The Balaban J connectivity index is 1.34. The minimum absolute atomic E-state index is 0.127. The topological polar surface area (TPSA) is 92.8 Å². The van der Waals surface area contributed by atoms with E-state index in [1.807, 2.05) is 0 Å². The molecule has 0 radical (unpaired) electrons. The number of rotatable bonds is 7. The highest BCUT2D eigenvalue weighted by molar-refractivity contribution is 5.90. The predicted molar refractivity (Wildman–Crippen MR) is 118 cm³/mol. The molecule has 0 atom stereocenters. The first-order valence-corrected chi connectivity index (χ1v) is 10.2. The van der Waals surface area contributed by atoms with E-state index in [2.05, 4.69) is 21.4 Å². The van der Waals surface area contributed by atoms with Crippen molar-refractivity contribution in [1.82, 2.24) is 14.5 Å². The van der Waals surface area contributed by atoms with E-state index in [9.17, 15) is 18.0 Å². The maximum atomic E-state index is 12.6. The number of fused-ring (bicyclic) bond motifs is 1. The normalized spacial score (nSPS) is 11.2. The van der Waals surface area contributed by atoms with E-state index in [0.717, 1.165) is 12.1 Å². The molecular formula is C24H18F3N5O2. The molecule has 172 valence electrons. The van der Waals surface area contributed by atoms with Gasteiger partial charge in [0.2, 0.25) is 11.8 Å². The van der Waals surface area contributed by atoms with E-state index >= 15 is 0 Å². The summed E-state index contributed by atoms with van der Waals surface area (Å²) in [6.45, 7) is 0.160. The van der Waals surface area contributed by atoms with Crippen molar-refractivity contribution in [1.29, 1.82) is 5.26 Å². The van der Waals surface area contributed by atoms with Crippen LogP contribution < -0.4 is 10.1 Å². The lowest BCUT2D eigenvalue weighted by molar-refractivity contribution is -0.137. The van der Waals surface area contributed by atoms with Crippen molar-refractivity contribution in [2.75, 3.05) is 5.32 Å². The van der Waals surface area contributed by atoms with Crippen molar-refractivity contribution in [2.45, 2.75) is 25.6 Å². The molecule has 10 heteroatoms. The highest BCUT2D eigenvalue weighted by Gasteiger charge is 2.29. The van der Waals surface area contributed by atoms with Gasteiger partial charge >= 0.3 is 6.18 Å². The zero-order valence-corrected chi connectivity index (χ0v) is 17.7. The van der Waals surface area contributed by atoms with Crippen LogP contribution in [0.5, 0.6) is 11.6 Å². The molecule has 0 saturated carbocycles. The summed E-state index contributed by atoms with van der Waals surface area (Å²) in [7, 11) is 0. The number of nitrogens with zero attached hydrogens (tertiary/aromatic N) is 4. The van der Waals surface area contributed by atoms with E-state index in [0.29, 0.717) is 40.3 Å². The number of nitriles is 1. The Kier molecular flexibility index (Phi) is 6.45. The number of halogens is 3. The van der Waals surface area contributed by atoms with Crippen LogP contribution in [-0.2, 0) is 23.9 Å². The van der Waals surface area contributed by atoms with Crippen molar-refractivity contribution in [3.8, 4) is 17.7 Å². The standard InChI is InChI=1S/C24H18F3N5O2/c25-24(26,27)17-4-1-16(2-5-17)3-10-21(33)31-18-6-8-19(9-7-18)34-23-20-11-13-32(14-12-28)22(20)29-15-30-23/h1-2,4-9,11,13,15H,3,10,14H2,(H,31,33). The molecule has 4 rings (SSSR count). The molecule has 2 heterocycles. The van der Waals surface area contributed by atoms with Gasteiger partial charge in [0.25, 0.3) is 0 Å². The first-order valence-electron chi connectivity index (χ1n) is 10.2. The van der Waals surface area contributed by atoms with Gasteiger partial charge in [-0.15, -0.1) is 0 Å². The molecular weight excluding hydrogens is 447 g/mol. The largest absolute Gasteiger partial charge is 0.438 e. The number of ether oxygens (including phenoxy) is 1. The third kappa shape index (κ3) is 5.32. The van der Waals surface area contributed by atoms with Crippen LogP contribution in [0.3, 0.4) is 0 Å². The highest BCUT2D eigenvalue weighted by Crippen LogP contribution is 2.30. The molecule has 0 saturated heterocycles. The average molecular weight is 465 g/mol. The fourth-order valence-corrected chi connectivity index (χ4v) is 3.33. The Bertz CT molecular complexity index is 1340. The summed E-state index contributed by atoms with van der Waals surface area (Å²) in [6.07, 6.45) is -0.841. The molecule has 1 N–H and O–H groups in total. The molecule has 7 nitrogen and oxygen atoms in total. The molecule has 0 aliphatic rings. The number of nitrogens with one attached hydrogen (secondary N) is 1. The summed E-state index contributed by atoms with van der Waals surface area (Å²) in [5.41, 5.74) is 1.07. The Morgan fingerprint density at radius 2 is 1.79 bits per heavy atom. The van der Waals surface area contributed by atoms with E-state index in [4.69, 9.17) is 10.00 Å². The number of carbonyl (C=O) groups excluding carboxylic acids is 1. The number of hydrogen-bond acceptors (Lipinski definition) is 5. The van der Waals surface area contributed by atoms with Crippen LogP contribution in [0.1, 0.15) is 17.5 Å². The molecule has 4 aromatic rings. The molecule has 34 heavy (non-hydrogen) atoms. The third-order valence-electron chi connectivity index (χ3n) is 5.04.